The molecule has 1 aromatic heterocycles. The van der Waals surface area contributed by atoms with Gasteiger partial charge < -0.3 is 4.57 Å². The summed E-state index contributed by atoms with van der Waals surface area (Å²) in [6.07, 6.45) is 0. The van der Waals surface area contributed by atoms with E-state index in [1.165, 1.54) is 23.1 Å². The number of hydrogen-bond donors (Lipinski definition) is 0. The van der Waals surface area contributed by atoms with Crippen molar-refractivity contribution in [2.24, 2.45) is 0 Å². The molecular formula is C22H23FN2S. The van der Waals surface area contributed by atoms with Crippen LogP contribution in [0.5, 0.6) is 0 Å². The van der Waals surface area contributed by atoms with Crippen LogP contribution >= 0.6 is 11.8 Å². The molecule has 0 atom stereocenters. The van der Waals surface area contributed by atoms with Crippen LogP contribution in [-0.2, 0) is 6.54 Å². The van der Waals surface area contributed by atoms with Crippen LogP contribution in [0.4, 0.5) is 4.39 Å². The number of benzene rings is 2. The number of aromatic nitrogens is 1. The molecule has 4 rings (SSSR count). The van der Waals surface area contributed by atoms with Crippen molar-refractivity contribution in [1.82, 2.24) is 9.47 Å². The molecule has 1 fully saturated rings. The highest BCUT2D eigenvalue weighted by Crippen LogP contribution is 2.31. The molecule has 0 spiro atoms. The Hall–Kier alpha value is -2.04. The molecule has 0 saturated carbocycles. The lowest BCUT2D eigenvalue weighted by molar-refractivity contribution is 0.294. The minimum Gasteiger partial charge on any atom is -0.311 e. The molecule has 0 aliphatic carbocycles. The largest absolute Gasteiger partial charge is 0.311 e. The zero-order valence-corrected chi connectivity index (χ0v) is 15.8. The Labute approximate surface area is 158 Å². The van der Waals surface area contributed by atoms with E-state index < -0.39 is 0 Å². The summed E-state index contributed by atoms with van der Waals surface area (Å²) in [5.74, 6) is 2.20. The maximum absolute atomic E-state index is 14.6. The van der Waals surface area contributed by atoms with Gasteiger partial charge in [-0.05, 0) is 36.2 Å². The Morgan fingerprint density at radius 2 is 1.65 bits per heavy atom. The van der Waals surface area contributed by atoms with Crippen LogP contribution in [0.2, 0.25) is 0 Å². The number of para-hydroxylation sites is 1. The van der Waals surface area contributed by atoms with E-state index in [0.717, 1.165) is 36.6 Å². The number of thioether (sulfide) groups is 1. The van der Waals surface area contributed by atoms with Gasteiger partial charge in [-0.3, -0.25) is 4.90 Å². The van der Waals surface area contributed by atoms with Gasteiger partial charge >= 0.3 is 0 Å². The number of halogens is 1. The summed E-state index contributed by atoms with van der Waals surface area (Å²) in [6, 6.07) is 19.5. The predicted molar refractivity (Wildman–Crippen MR) is 109 cm³/mol. The van der Waals surface area contributed by atoms with Gasteiger partial charge in [-0.25, -0.2) is 4.39 Å². The van der Waals surface area contributed by atoms with Crippen molar-refractivity contribution in [3.8, 4) is 16.9 Å². The fourth-order valence-corrected chi connectivity index (χ4v) is 4.56. The Kier molecular flexibility index (Phi) is 5.14. The lowest BCUT2D eigenvalue weighted by Gasteiger charge is -2.26. The molecule has 2 nitrogen and oxygen atoms in total. The molecule has 0 radical (unpaired) electrons. The predicted octanol–water partition coefficient (Wildman–Crippen LogP) is 5.14. The minimum atomic E-state index is -0.190. The van der Waals surface area contributed by atoms with Gasteiger partial charge in [-0.2, -0.15) is 11.8 Å². The number of nitrogens with zero attached hydrogens (tertiary/aromatic N) is 2. The molecule has 0 N–H and O–H groups in total. The van der Waals surface area contributed by atoms with Crippen LogP contribution in [0.1, 0.15) is 11.3 Å². The number of hydrogen-bond acceptors (Lipinski definition) is 2. The fourth-order valence-electron chi connectivity index (χ4n) is 3.58. The Bertz CT molecular complexity index is 882. The third-order valence-electron chi connectivity index (χ3n) is 5.01. The highest BCUT2D eigenvalue weighted by atomic mass is 32.2. The Morgan fingerprint density at radius 1 is 0.962 bits per heavy atom. The summed E-state index contributed by atoms with van der Waals surface area (Å²) >= 11 is 2.02. The van der Waals surface area contributed by atoms with Gasteiger partial charge in [-0.1, -0.05) is 42.5 Å². The molecule has 2 heterocycles. The van der Waals surface area contributed by atoms with Crippen molar-refractivity contribution < 1.29 is 4.39 Å². The molecule has 1 saturated heterocycles. The van der Waals surface area contributed by atoms with Crippen molar-refractivity contribution in [2.45, 2.75) is 13.5 Å². The molecule has 1 aliphatic heterocycles. The van der Waals surface area contributed by atoms with Crippen LogP contribution < -0.4 is 0 Å². The SMILES string of the molecule is Cc1c(CN2CCSCC2)cc(-c2ccccc2)n1-c1ccccc1F. The first kappa shape index (κ1) is 17.4. The van der Waals surface area contributed by atoms with Gasteiger partial charge in [0, 0.05) is 36.8 Å². The minimum absolute atomic E-state index is 0.190. The zero-order valence-electron chi connectivity index (χ0n) is 15.0. The quantitative estimate of drug-likeness (QED) is 0.632. The van der Waals surface area contributed by atoms with E-state index in [-0.39, 0.29) is 5.82 Å². The van der Waals surface area contributed by atoms with E-state index in [1.807, 2.05) is 42.1 Å². The summed E-state index contributed by atoms with van der Waals surface area (Å²) in [5, 5.41) is 0. The first-order valence-corrected chi connectivity index (χ1v) is 10.2. The summed E-state index contributed by atoms with van der Waals surface area (Å²) < 4.78 is 16.7. The molecule has 1 aliphatic rings. The van der Waals surface area contributed by atoms with Gasteiger partial charge in [0.2, 0.25) is 0 Å². The van der Waals surface area contributed by atoms with Crippen LogP contribution in [0.3, 0.4) is 0 Å². The molecular weight excluding hydrogens is 343 g/mol. The van der Waals surface area contributed by atoms with Gasteiger partial charge in [0.1, 0.15) is 5.82 Å². The van der Waals surface area contributed by atoms with Crippen molar-refractivity contribution >= 4 is 11.8 Å². The highest BCUT2D eigenvalue weighted by Gasteiger charge is 2.19. The second-order valence-electron chi connectivity index (χ2n) is 6.68. The lowest BCUT2D eigenvalue weighted by atomic mass is 10.1. The van der Waals surface area contributed by atoms with Crippen LogP contribution in [0.15, 0.2) is 60.7 Å². The topological polar surface area (TPSA) is 8.17 Å². The Morgan fingerprint density at radius 3 is 2.38 bits per heavy atom. The van der Waals surface area contributed by atoms with E-state index in [1.54, 1.807) is 6.07 Å². The molecule has 3 aromatic rings. The van der Waals surface area contributed by atoms with Crippen molar-refractivity contribution in [3.63, 3.8) is 0 Å². The zero-order chi connectivity index (χ0) is 17.9. The maximum atomic E-state index is 14.6. The first-order valence-electron chi connectivity index (χ1n) is 9.05. The average molecular weight is 367 g/mol. The third kappa shape index (κ3) is 3.44. The van der Waals surface area contributed by atoms with Gasteiger partial charge in [0.15, 0.2) is 0 Å². The second-order valence-corrected chi connectivity index (χ2v) is 7.91. The van der Waals surface area contributed by atoms with Crippen molar-refractivity contribution in [2.75, 3.05) is 24.6 Å². The van der Waals surface area contributed by atoms with Gasteiger partial charge in [-0.15, -0.1) is 0 Å². The van der Waals surface area contributed by atoms with E-state index in [4.69, 9.17) is 0 Å². The summed E-state index contributed by atoms with van der Waals surface area (Å²) in [4.78, 5) is 2.50. The first-order chi connectivity index (χ1) is 12.7. The molecule has 2 aromatic carbocycles. The lowest BCUT2D eigenvalue weighted by Crippen LogP contribution is -2.32. The average Bonchev–Trinajstić information content (AvgIpc) is 3.00. The standard InChI is InChI=1S/C22H23FN2S/c1-17-19(16-24-11-13-26-14-12-24)15-22(18-7-3-2-4-8-18)25(17)21-10-6-5-9-20(21)23/h2-10,15H,11-14,16H2,1H3. The normalized spacial score (nSPS) is 15.3. The highest BCUT2D eigenvalue weighted by molar-refractivity contribution is 7.99. The van der Waals surface area contributed by atoms with Gasteiger partial charge in [0.25, 0.3) is 0 Å². The van der Waals surface area contributed by atoms with E-state index in [0.29, 0.717) is 5.69 Å². The maximum Gasteiger partial charge on any atom is 0.147 e. The molecule has 0 unspecified atom stereocenters. The van der Waals surface area contributed by atoms with E-state index in [2.05, 4.69) is 34.6 Å². The van der Waals surface area contributed by atoms with E-state index >= 15 is 0 Å². The van der Waals surface area contributed by atoms with Crippen molar-refractivity contribution in [1.29, 1.82) is 0 Å². The second kappa shape index (κ2) is 7.68. The fraction of sp³-hybridized carbons (Fsp3) is 0.273. The van der Waals surface area contributed by atoms with Crippen LogP contribution in [0.25, 0.3) is 16.9 Å². The van der Waals surface area contributed by atoms with Crippen LogP contribution in [0, 0.1) is 12.7 Å². The summed E-state index contributed by atoms with van der Waals surface area (Å²) in [5.41, 5.74) is 5.17. The van der Waals surface area contributed by atoms with Crippen LogP contribution in [-0.4, -0.2) is 34.1 Å². The monoisotopic (exact) mass is 366 g/mol. The molecule has 0 amide bonds. The summed E-state index contributed by atoms with van der Waals surface area (Å²) in [6.45, 7) is 5.27. The molecule has 0 bridgehead atoms. The van der Waals surface area contributed by atoms with Crippen molar-refractivity contribution in [3.05, 3.63) is 77.7 Å². The summed E-state index contributed by atoms with van der Waals surface area (Å²) in [7, 11) is 0. The molecule has 4 heteroatoms. The Balaban J connectivity index is 1.81. The van der Waals surface area contributed by atoms with Gasteiger partial charge in [0.05, 0.1) is 11.4 Å². The third-order valence-corrected chi connectivity index (χ3v) is 5.96. The number of rotatable bonds is 4. The molecule has 134 valence electrons. The molecule has 26 heavy (non-hydrogen) atoms. The van der Waals surface area contributed by atoms with E-state index in [9.17, 15) is 4.39 Å². The smallest absolute Gasteiger partial charge is 0.147 e.